The van der Waals surface area contributed by atoms with Crippen molar-refractivity contribution in [3.05, 3.63) is 40.3 Å². The van der Waals surface area contributed by atoms with Gasteiger partial charge in [0.05, 0.1) is 17.8 Å². The Labute approximate surface area is 121 Å². The summed E-state index contributed by atoms with van der Waals surface area (Å²) in [6, 6.07) is 5.04. The summed E-state index contributed by atoms with van der Waals surface area (Å²) >= 11 is 1.55. The van der Waals surface area contributed by atoms with Crippen molar-refractivity contribution in [2.75, 3.05) is 18.9 Å². The Balaban J connectivity index is 1.94. The molecule has 0 aliphatic heterocycles. The lowest BCUT2D eigenvalue weighted by Gasteiger charge is -2.08. The molecule has 1 amide bonds. The fourth-order valence-corrected chi connectivity index (χ4v) is 2.36. The van der Waals surface area contributed by atoms with Gasteiger partial charge in [-0.2, -0.15) is 0 Å². The molecule has 0 unspecified atom stereocenters. The van der Waals surface area contributed by atoms with E-state index >= 15 is 0 Å². The van der Waals surface area contributed by atoms with Crippen LogP contribution in [0.25, 0.3) is 0 Å². The molecule has 0 spiro atoms. The van der Waals surface area contributed by atoms with Crippen molar-refractivity contribution in [3.63, 3.8) is 0 Å². The summed E-state index contributed by atoms with van der Waals surface area (Å²) in [7, 11) is 0. The zero-order chi connectivity index (χ0) is 14.4. The number of nitrogen functional groups attached to an aromatic ring is 1. The summed E-state index contributed by atoms with van der Waals surface area (Å²) in [4.78, 5) is 16.2. The summed E-state index contributed by atoms with van der Waals surface area (Å²) < 4.78 is 5.37. The number of nitrogens with two attached hydrogens (primary N) is 1. The minimum Gasteiger partial charge on any atom is -0.494 e. The van der Waals surface area contributed by atoms with Gasteiger partial charge < -0.3 is 15.8 Å². The van der Waals surface area contributed by atoms with E-state index in [1.165, 1.54) is 0 Å². The lowest BCUT2D eigenvalue weighted by molar-refractivity contribution is 0.0953. The minimum absolute atomic E-state index is 0.159. The Hall–Kier alpha value is -2.08. The molecule has 6 heteroatoms. The smallest absolute Gasteiger partial charge is 0.251 e. The van der Waals surface area contributed by atoms with E-state index in [2.05, 4.69) is 10.3 Å². The second kappa shape index (κ2) is 6.91. The van der Waals surface area contributed by atoms with E-state index in [0.29, 0.717) is 30.2 Å². The topological polar surface area (TPSA) is 77.2 Å². The molecule has 0 bridgehead atoms. The molecule has 20 heavy (non-hydrogen) atoms. The number of anilines is 1. The van der Waals surface area contributed by atoms with Gasteiger partial charge in [-0.15, -0.1) is 11.3 Å². The molecule has 0 aliphatic carbocycles. The number of nitrogens with one attached hydrogen (secondary N) is 1. The van der Waals surface area contributed by atoms with Gasteiger partial charge in [0, 0.05) is 35.7 Å². The van der Waals surface area contributed by atoms with E-state index in [4.69, 9.17) is 10.5 Å². The molecule has 1 heterocycles. The van der Waals surface area contributed by atoms with Crippen LogP contribution in [0.5, 0.6) is 5.75 Å². The van der Waals surface area contributed by atoms with Crippen molar-refractivity contribution in [3.8, 4) is 5.75 Å². The first kappa shape index (κ1) is 14.3. The normalized spacial score (nSPS) is 10.2. The van der Waals surface area contributed by atoms with Gasteiger partial charge in [-0.1, -0.05) is 0 Å². The highest BCUT2D eigenvalue weighted by atomic mass is 32.1. The number of benzene rings is 1. The number of hydrogen-bond acceptors (Lipinski definition) is 5. The second-order valence-corrected chi connectivity index (χ2v) is 4.93. The first-order valence-corrected chi connectivity index (χ1v) is 7.32. The van der Waals surface area contributed by atoms with E-state index in [9.17, 15) is 4.79 Å². The van der Waals surface area contributed by atoms with Crippen LogP contribution in [0.4, 0.5) is 5.69 Å². The van der Waals surface area contributed by atoms with Crippen LogP contribution in [0.2, 0.25) is 0 Å². The predicted octanol–water partition coefficient (Wildman–Crippen LogP) is 2.10. The summed E-state index contributed by atoms with van der Waals surface area (Å²) in [5, 5.41) is 4.82. The summed E-state index contributed by atoms with van der Waals surface area (Å²) in [5.74, 6) is 0.450. The van der Waals surface area contributed by atoms with Crippen molar-refractivity contribution >= 4 is 22.9 Å². The molecule has 0 aliphatic rings. The zero-order valence-corrected chi connectivity index (χ0v) is 12.1. The second-order valence-electron chi connectivity index (χ2n) is 4.21. The maximum Gasteiger partial charge on any atom is 0.251 e. The monoisotopic (exact) mass is 291 g/mol. The van der Waals surface area contributed by atoms with Crippen LogP contribution in [0.15, 0.2) is 29.1 Å². The molecule has 3 N–H and O–H groups in total. The standard InChI is InChI=1S/C14H17N3O2S/c1-2-19-13-6-10(5-11(15)7-13)14(18)16-4-3-12-8-20-9-17-12/h5-9H,2-4,15H2,1H3,(H,16,18). The number of nitrogens with zero attached hydrogens (tertiary/aromatic N) is 1. The van der Waals surface area contributed by atoms with Gasteiger partial charge in [-0.3, -0.25) is 4.79 Å². The highest BCUT2D eigenvalue weighted by Crippen LogP contribution is 2.18. The van der Waals surface area contributed by atoms with E-state index < -0.39 is 0 Å². The molecule has 0 radical (unpaired) electrons. The van der Waals surface area contributed by atoms with Crippen molar-refractivity contribution in [1.82, 2.24) is 10.3 Å². The van der Waals surface area contributed by atoms with E-state index in [0.717, 1.165) is 12.1 Å². The number of aromatic nitrogens is 1. The number of rotatable bonds is 6. The molecule has 0 saturated carbocycles. The van der Waals surface area contributed by atoms with E-state index in [1.54, 1.807) is 35.0 Å². The van der Waals surface area contributed by atoms with Crippen molar-refractivity contribution in [1.29, 1.82) is 0 Å². The fourth-order valence-electron chi connectivity index (χ4n) is 1.77. The van der Waals surface area contributed by atoms with E-state index in [1.807, 2.05) is 12.3 Å². The molecule has 106 valence electrons. The number of amides is 1. The van der Waals surface area contributed by atoms with Gasteiger partial charge in [0.15, 0.2) is 0 Å². The number of hydrogen-bond donors (Lipinski definition) is 2. The summed E-state index contributed by atoms with van der Waals surface area (Å²) in [6.07, 6.45) is 0.718. The quantitative estimate of drug-likeness (QED) is 0.799. The van der Waals surface area contributed by atoms with Crippen LogP contribution in [0.3, 0.4) is 0 Å². The van der Waals surface area contributed by atoms with Gasteiger partial charge in [0.2, 0.25) is 0 Å². The van der Waals surface area contributed by atoms with Gasteiger partial charge >= 0.3 is 0 Å². The molecule has 0 atom stereocenters. The number of thiazole rings is 1. The predicted molar refractivity (Wildman–Crippen MR) is 80.2 cm³/mol. The third kappa shape index (κ3) is 3.96. The summed E-state index contributed by atoms with van der Waals surface area (Å²) in [5.41, 5.74) is 9.55. The highest BCUT2D eigenvalue weighted by Gasteiger charge is 2.08. The van der Waals surface area contributed by atoms with Gasteiger partial charge in [-0.05, 0) is 19.1 Å². The lowest BCUT2D eigenvalue weighted by Crippen LogP contribution is -2.25. The van der Waals surface area contributed by atoms with Crippen molar-refractivity contribution in [2.45, 2.75) is 13.3 Å². The number of carbonyl (C=O) groups is 1. The molecule has 0 fully saturated rings. The van der Waals surface area contributed by atoms with Crippen LogP contribution < -0.4 is 15.8 Å². The first-order chi connectivity index (χ1) is 9.69. The van der Waals surface area contributed by atoms with E-state index in [-0.39, 0.29) is 5.91 Å². The third-order valence-electron chi connectivity index (χ3n) is 2.65. The zero-order valence-electron chi connectivity index (χ0n) is 11.3. The summed E-state index contributed by atoms with van der Waals surface area (Å²) in [6.45, 7) is 2.96. The Morgan fingerprint density at radius 3 is 3.00 bits per heavy atom. The van der Waals surface area contributed by atoms with Crippen LogP contribution >= 0.6 is 11.3 Å². The third-order valence-corrected chi connectivity index (χ3v) is 3.29. The molecule has 2 aromatic rings. The Morgan fingerprint density at radius 2 is 2.30 bits per heavy atom. The molecule has 1 aromatic carbocycles. The Bertz CT molecular complexity index is 570. The number of ether oxygens (including phenoxy) is 1. The molecule has 5 nitrogen and oxygen atoms in total. The first-order valence-electron chi connectivity index (χ1n) is 6.37. The average molecular weight is 291 g/mol. The van der Waals surface area contributed by atoms with Crippen molar-refractivity contribution in [2.24, 2.45) is 0 Å². The Kier molecular flexibility index (Phi) is 4.95. The molecular formula is C14H17N3O2S. The van der Waals surface area contributed by atoms with Crippen LogP contribution in [0, 0.1) is 0 Å². The van der Waals surface area contributed by atoms with Crippen LogP contribution in [-0.4, -0.2) is 24.0 Å². The minimum atomic E-state index is -0.159. The van der Waals surface area contributed by atoms with Gasteiger partial charge in [0.25, 0.3) is 5.91 Å². The van der Waals surface area contributed by atoms with Crippen LogP contribution in [0.1, 0.15) is 23.0 Å². The van der Waals surface area contributed by atoms with Crippen LogP contribution in [-0.2, 0) is 6.42 Å². The molecule has 2 rings (SSSR count). The molecule has 0 saturated heterocycles. The Morgan fingerprint density at radius 1 is 1.45 bits per heavy atom. The maximum absolute atomic E-state index is 12.0. The fraction of sp³-hybridized carbons (Fsp3) is 0.286. The average Bonchev–Trinajstić information content (AvgIpc) is 2.91. The lowest BCUT2D eigenvalue weighted by atomic mass is 10.1. The highest BCUT2D eigenvalue weighted by molar-refractivity contribution is 7.07. The van der Waals surface area contributed by atoms with Crippen molar-refractivity contribution < 1.29 is 9.53 Å². The molecule has 1 aromatic heterocycles. The van der Waals surface area contributed by atoms with Gasteiger partial charge in [-0.25, -0.2) is 4.98 Å². The largest absolute Gasteiger partial charge is 0.494 e. The van der Waals surface area contributed by atoms with Gasteiger partial charge in [0.1, 0.15) is 5.75 Å². The molecular weight excluding hydrogens is 274 g/mol. The SMILES string of the molecule is CCOc1cc(N)cc(C(=O)NCCc2cscn2)c1. The number of carbonyl (C=O) groups excluding carboxylic acids is 1. The maximum atomic E-state index is 12.0.